The van der Waals surface area contributed by atoms with Crippen molar-refractivity contribution in [1.82, 2.24) is 9.88 Å². The normalized spacial score (nSPS) is 17.2. The first-order valence-corrected chi connectivity index (χ1v) is 8.28. The number of rotatable bonds is 4. The summed E-state index contributed by atoms with van der Waals surface area (Å²) < 4.78 is 5.35. The third-order valence-electron chi connectivity index (χ3n) is 4.48. The van der Waals surface area contributed by atoms with E-state index in [4.69, 9.17) is 10.5 Å². The molecule has 6 nitrogen and oxygen atoms in total. The van der Waals surface area contributed by atoms with Crippen molar-refractivity contribution in [3.63, 3.8) is 0 Å². The zero-order chi connectivity index (χ0) is 17.8. The van der Waals surface area contributed by atoms with E-state index in [2.05, 4.69) is 4.98 Å². The molecule has 2 amide bonds. The van der Waals surface area contributed by atoms with Crippen LogP contribution in [0.1, 0.15) is 23.2 Å². The highest BCUT2D eigenvalue weighted by Crippen LogP contribution is 2.28. The summed E-state index contributed by atoms with van der Waals surface area (Å²) in [5.41, 5.74) is 7.47. The first-order valence-electron chi connectivity index (χ1n) is 8.28. The minimum Gasteiger partial charge on any atom is -0.494 e. The first kappa shape index (κ1) is 17.0. The molecule has 1 aliphatic heterocycles. The molecule has 6 heteroatoms. The smallest absolute Gasteiger partial charge is 0.253 e. The van der Waals surface area contributed by atoms with E-state index in [9.17, 15) is 9.59 Å². The summed E-state index contributed by atoms with van der Waals surface area (Å²) >= 11 is 0. The van der Waals surface area contributed by atoms with Crippen LogP contribution in [0.15, 0.2) is 42.6 Å². The second-order valence-electron chi connectivity index (χ2n) is 6.13. The number of nitrogens with zero attached hydrogens (tertiary/aromatic N) is 2. The van der Waals surface area contributed by atoms with Crippen LogP contribution in [-0.4, -0.2) is 41.9 Å². The Morgan fingerprint density at radius 3 is 2.88 bits per heavy atom. The molecule has 1 fully saturated rings. The number of carbonyl (C=O) groups excluding carboxylic acids is 2. The third-order valence-corrected chi connectivity index (χ3v) is 4.48. The van der Waals surface area contributed by atoms with Crippen molar-refractivity contribution in [2.24, 2.45) is 11.7 Å². The van der Waals surface area contributed by atoms with Gasteiger partial charge in [-0.1, -0.05) is 12.1 Å². The summed E-state index contributed by atoms with van der Waals surface area (Å²) in [6.45, 7) is 1.02. The number of hydrogen-bond donors (Lipinski definition) is 1. The molecule has 1 aliphatic rings. The Hall–Kier alpha value is -2.89. The Labute approximate surface area is 146 Å². The van der Waals surface area contributed by atoms with Crippen LogP contribution in [0.4, 0.5) is 0 Å². The Morgan fingerprint density at radius 1 is 1.28 bits per heavy atom. The van der Waals surface area contributed by atoms with Crippen molar-refractivity contribution in [2.45, 2.75) is 12.8 Å². The molecule has 0 bridgehead atoms. The van der Waals surface area contributed by atoms with Crippen LogP contribution in [0.25, 0.3) is 11.3 Å². The molecule has 25 heavy (non-hydrogen) atoms. The molecular formula is C19H21N3O3. The summed E-state index contributed by atoms with van der Waals surface area (Å²) in [6, 6.07) is 10.9. The van der Waals surface area contributed by atoms with Gasteiger partial charge in [-0.3, -0.25) is 14.6 Å². The van der Waals surface area contributed by atoms with Crippen molar-refractivity contribution >= 4 is 11.8 Å². The lowest BCUT2D eigenvalue weighted by Gasteiger charge is -2.31. The largest absolute Gasteiger partial charge is 0.494 e. The highest BCUT2D eigenvalue weighted by atomic mass is 16.5. The molecular weight excluding hydrogens is 318 g/mol. The summed E-state index contributed by atoms with van der Waals surface area (Å²) in [5.74, 6) is -0.0530. The molecule has 0 saturated carbocycles. The van der Waals surface area contributed by atoms with Gasteiger partial charge in [-0.25, -0.2) is 0 Å². The summed E-state index contributed by atoms with van der Waals surface area (Å²) in [5, 5.41) is 0. The summed E-state index contributed by atoms with van der Waals surface area (Å²) in [6.07, 6.45) is 3.21. The minimum atomic E-state index is -0.343. The van der Waals surface area contributed by atoms with Gasteiger partial charge in [-0.15, -0.1) is 0 Å². The number of nitrogens with two attached hydrogens (primary N) is 1. The molecule has 0 aliphatic carbocycles. The fraction of sp³-hybridized carbons (Fsp3) is 0.316. The van der Waals surface area contributed by atoms with Crippen molar-refractivity contribution < 1.29 is 14.3 Å². The van der Waals surface area contributed by atoms with E-state index in [1.807, 2.05) is 18.2 Å². The fourth-order valence-electron chi connectivity index (χ4n) is 3.15. The first-order chi connectivity index (χ1) is 12.1. The molecule has 1 saturated heterocycles. The number of carbonyl (C=O) groups is 2. The standard InChI is InChI=1S/C19H21N3O3/c1-25-16-8-3-9-21-17(16)13-5-2-6-14(11-13)19(24)22-10-4-7-15(12-22)18(20)23/h2-3,5-6,8-9,11,15H,4,7,10,12H2,1H3,(H2,20,23). The quantitative estimate of drug-likeness (QED) is 0.924. The third kappa shape index (κ3) is 3.63. The van der Waals surface area contributed by atoms with Gasteiger partial charge in [0.05, 0.1) is 13.0 Å². The molecule has 0 radical (unpaired) electrons. The van der Waals surface area contributed by atoms with Crippen LogP contribution < -0.4 is 10.5 Å². The second kappa shape index (κ2) is 7.34. The van der Waals surface area contributed by atoms with Crippen molar-refractivity contribution in [3.8, 4) is 17.0 Å². The molecule has 1 aromatic carbocycles. The number of benzene rings is 1. The average Bonchev–Trinajstić information content (AvgIpc) is 2.67. The lowest BCUT2D eigenvalue weighted by molar-refractivity contribution is -0.123. The van der Waals surface area contributed by atoms with Crippen molar-refractivity contribution in [2.75, 3.05) is 20.2 Å². The zero-order valence-corrected chi connectivity index (χ0v) is 14.1. The molecule has 130 valence electrons. The minimum absolute atomic E-state index is 0.0947. The predicted octanol–water partition coefficient (Wildman–Crippen LogP) is 2.09. The van der Waals surface area contributed by atoms with Gasteiger partial charge >= 0.3 is 0 Å². The van der Waals surface area contributed by atoms with Gasteiger partial charge in [-0.05, 0) is 37.1 Å². The Bertz CT molecular complexity index is 791. The topological polar surface area (TPSA) is 85.5 Å². The van der Waals surface area contributed by atoms with Gasteiger partial charge in [-0.2, -0.15) is 0 Å². The summed E-state index contributed by atoms with van der Waals surface area (Å²) in [7, 11) is 1.59. The average molecular weight is 339 g/mol. The highest BCUT2D eigenvalue weighted by molar-refractivity contribution is 5.96. The van der Waals surface area contributed by atoms with Crippen molar-refractivity contribution in [3.05, 3.63) is 48.2 Å². The van der Waals surface area contributed by atoms with Crippen LogP contribution in [0.2, 0.25) is 0 Å². The molecule has 2 heterocycles. The van der Waals surface area contributed by atoms with E-state index in [1.54, 1.807) is 36.4 Å². The van der Waals surface area contributed by atoms with E-state index in [0.717, 1.165) is 18.4 Å². The number of likely N-dealkylation sites (tertiary alicyclic amines) is 1. The van der Waals surface area contributed by atoms with Gasteiger partial charge < -0.3 is 15.4 Å². The molecule has 1 atom stereocenters. The maximum Gasteiger partial charge on any atom is 0.253 e. The maximum absolute atomic E-state index is 12.8. The SMILES string of the molecule is COc1cccnc1-c1cccc(C(=O)N2CCCC(C(N)=O)C2)c1. The van der Waals surface area contributed by atoms with E-state index in [-0.39, 0.29) is 17.7 Å². The number of primary amides is 1. The predicted molar refractivity (Wildman–Crippen MR) is 94.0 cm³/mol. The van der Waals surface area contributed by atoms with Gasteiger partial charge in [0.25, 0.3) is 5.91 Å². The lowest BCUT2D eigenvalue weighted by atomic mass is 9.96. The number of ether oxygens (including phenoxy) is 1. The van der Waals surface area contributed by atoms with Crippen LogP contribution >= 0.6 is 0 Å². The number of piperidine rings is 1. The van der Waals surface area contributed by atoms with Crippen LogP contribution in [0.3, 0.4) is 0 Å². The zero-order valence-electron chi connectivity index (χ0n) is 14.1. The lowest BCUT2D eigenvalue weighted by Crippen LogP contribution is -2.44. The van der Waals surface area contributed by atoms with Crippen molar-refractivity contribution in [1.29, 1.82) is 0 Å². The van der Waals surface area contributed by atoms with Crippen LogP contribution in [0.5, 0.6) is 5.75 Å². The molecule has 0 spiro atoms. The Balaban J connectivity index is 1.86. The molecule has 2 N–H and O–H groups in total. The van der Waals surface area contributed by atoms with Gasteiger partial charge in [0.2, 0.25) is 5.91 Å². The fourth-order valence-corrected chi connectivity index (χ4v) is 3.15. The highest BCUT2D eigenvalue weighted by Gasteiger charge is 2.27. The van der Waals surface area contributed by atoms with Gasteiger partial charge in [0.1, 0.15) is 11.4 Å². The van der Waals surface area contributed by atoms with Gasteiger partial charge in [0.15, 0.2) is 0 Å². The van der Waals surface area contributed by atoms with E-state index in [1.165, 1.54) is 0 Å². The van der Waals surface area contributed by atoms with Gasteiger partial charge in [0, 0.05) is 30.4 Å². The number of methoxy groups -OCH3 is 1. The monoisotopic (exact) mass is 339 g/mol. The number of hydrogen-bond acceptors (Lipinski definition) is 4. The van der Waals surface area contributed by atoms with E-state index < -0.39 is 0 Å². The summed E-state index contributed by atoms with van der Waals surface area (Å²) in [4.78, 5) is 30.3. The van der Waals surface area contributed by atoms with E-state index >= 15 is 0 Å². The van der Waals surface area contributed by atoms with Crippen LogP contribution in [0, 0.1) is 5.92 Å². The molecule has 2 aromatic rings. The van der Waals surface area contributed by atoms with E-state index in [0.29, 0.717) is 30.1 Å². The maximum atomic E-state index is 12.8. The molecule has 3 rings (SSSR count). The second-order valence-corrected chi connectivity index (χ2v) is 6.13. The molecule has 1 aromatic heterocycles. The Morgan fingerprint density at radius 2 is 2.12 bits per heavy atom. The molecule has 1 unspecified atom stereocenters. The number of amides is 2. The number of aromatic nitrogens is 1. The Kier molecular flexibility index (Phi) is 4.97. The number of pyridine rings is 1. The van der Waals surface area contributed by atoms with Crippen LogP contribution in [-0.2, 0) is 4.79 Å².